The molecule has 1 N–H and O–H groups in total. The van der Waals surface area contributed by atoms with E-state index in [1.165, 1.54) is 17.3 Å². The Balaban J connectivity index is 2.34. The lowest BCUT2D eigenvalue weighted by Crippen LogP contribution is -2.27. The van der Waals surface area contributed by atoms with Crippen LogP contribution >= 0.6 is 27.5 Å². The van der Waals surface area contributed by atoms with Crippen molar-refractivity contribution in [1.29, 1.82) is 0 Å². The first-order valence-corrected chi connectivity index (χ1v) is 7.38. The molecule has 20 heavy (non-hydrogen) atoms. The Bertz CT molecular complexity index is 600. The molecule has 0 bridgehead atoms. The minimum absolute atomic E-state index is 0.122. The SMILES string of the molecule is CC(C)C(Br)C(=O)Nc1cccc(Cl)c1-n1cncn1. The van der Waals surface area contributed by atoms with E-state index in [1.54, 1.807) is 18.2 Å². The van der Waals surface area contributed by atoms with E-state index in [1.807, 2.05) is 13.8 Å². The van der Waals surface area contributed by atoms with E-state index in [0.29, 0.717) is 16.4 Å². The van der Waals surface area contributed by atoms with Crippen LogP contribution in [0.4, 0.5) is 5.69 Å². The molecular formula is C13H14BrClN4O. The quantitative estimate of drug-likeness (QED) is 0.854. The number of carbonyl (C=O) groups excluding carboxylic acids is 1. The second kappa shape index (κ2) is 6.37. The van der Waals surface area contributed by atoms with Gasteiger partial charge in [0.25, 0.3) is 0 Å². The van der Waals surface area contributed by atoms with Gasteiger partial charge in [-0.3, -0.25) is 4.79 Å². The Morgan fingerprint density at radius 2 is 2.20 bits per heavy atom. The van der Waals surface area contributed by atoms with Gasteiger partial charge in [0.1, 0.15) is 18.3 Å². The van der Waals surface area contributed by atoms with Crippen molar-refractivity contribution in [3.8, 4) is 5.69 Å². The van der Waals surface area contributed by atoms with Crippen LogP contribution in [-0.4, -0.2) is 25.5 Å². The van der Waals surface area contributed by atoms with Crippen LogP contribution in [0.15, 0.2) is 30.9 Å². The van der Waals surface area contributed by atoms with Crippen molar-refractivity contribution in [2.24, 2.45) is 5.92 Å². The molecule has 1 atom stereocenters. The van der Waals surface area contributed by atoms with Crippen molar-refractivity contribution in [3.63, 3.8) is 0 Å². The predicted octanol–water partition coefficient (Wildman–Crippen LogP) is 3.28. The van der Waals surface area contributed by atoms with Crippen molar-refractivity contribution in [1.82, 2.24) is 14.8 Å². The average molecular weight is 358 g/mol. The fourth-order valence-corrected chi connectivity index (χ4v) is 2.05. The number of anilines is 1. The van der Waals surface area contributed by atoms with Gasteiger partial charge in [-0.1, -0.05) is 47.4 Å². The molecule has 0 fully saturated rings. The molecule has 5 nitrogen and oxygen atoms in total. The zero-order valence-corrected chi connectivity index (χ0v) is 13.4. The van der Waals surface area contributed by atoms with Gasteiger partial charge >= 0.3 is 0 Å². The molecule has 7 heteroatoms. The van der Waals surface area contributed by atoms with Crippen LogP contribution < -0.4 is 5.32 Å². The molecule has 0 saturated heterocycles. The maximum Gasteiger partial charge on any atom is 0.238 e. The monoisotopic (exact) mass is 356 g/mol. The van der Waals surface area contributed by atoms with Crippen LogP contribution in [0.5, 0.6) is 0 Å². The molecular weight excluding hydrogens is 344 g/mol. The van der Waals surface area contributed by atoms with Gasteiger partial charge in [-0.15, -0.1) is 0 Å². The molecule has 0 radical (unpaired) electrons. The Hall–Kier alpha value is -1.40. The van der Waals surface area contributed by atoms with Crippen LogP contribution in [0, 0.1) is 5.92 Å². The molecule has 1 heterocycles. The molecule has 0 aliphatic carbocycles. The summed E-state index contributed by atoms with van der Waals surface area (Å²) in [6.45, 7) is 3.94. The normalized spacial score (nSPS) is 12.4. The Labute approximate surface area is 130 Å². The van der Waals surface area contributed by atoms with E-state index >= 15 is 0 Å². The number of rotatable bonds is 4. The molecule has 1 aromatic heterocycles. The zero-order valence-electron chi connectivity index (χ0n) is 11.0. The Morgan fingerprint density at radius 3 is 2.80 bits per heavy atom. The lowest BCUT2D eigenvalue weighted by molar-refractivity contribution is -0.116. The van der Waals surface area contributed by atoms with Gasteiger partial charge in [0.05, 0.1) is 15.5 Å². The summed E-state index contributed by atoms with van der Waals surface area (Å²) in [5.74, 6) is 0.0626. The van der Waals surface area contributed by atoms with Crippen molar-refractivity contribution < 1.29 is 4.79 Å². The fourth-order valence-electron chi connectivity index (χ4n) is 1.68. The lowest BCUT2D eigenvalue weighted by atomic mass is 10.1. The van der Waals surface area contributed by atoms with E-state index in [2.05, 4.69) is 31.3 Å². The van der Waals surface area contributed by atoms with E-state index in [0.717, 1.165) is 0 Å². The second-order valence-corrected chi connectivity index (χ2v) is 6.00. The number of benzene rings is 1. The molecule has 1 aromatic carbocycles. The number of para-hydroxylation sites is 1. The number of hydrogen-bond donors (Lipinski definition) is 1. The highest BCUT2D eigenvalue weighted by Crippen LogP contribution is 2.28. The van der Waals surface area contributed by atoms with Crippen LogP contribution in [-0.2, 0) is 4.79 Å². The minimum Gasteiger partial charge on any atom is -0.323 e. The summed E-state index contributed by atoms with van der Waals surface area (Å²) in [5, 5.41) is 7.40. The summed E-state index contributed by atoms with van der Waals surface area (Å²) in [4.78, 5) is 15.8. The summed E-state index contributed by atoms with van der Waals surface area (Å²) in [6, 6.07) is 5.29. The summed E-state index contributed by atoms with van der Waals surface area (Å²) < 4.78 is 1.52. The number of nitrogens with zero attached hydrogens (tertiary/aromatic N) is 3. The number of aromatic nitrogens is 3. The number of carbonyl (C=O) groups is 1. The first kappa shape index (κ1) is 15.0. The third kappa shape index (κ3) is 3.19. The predicted molar refractivity (Wildman–Crippen MR) is 82.6 cm³/mol. The van der Waals surface area contributed by atoms with Gasteiger partial charge in [0.2, 0.25) is 5.91 Å². The topological polar surface area (TPSA) is 59.8 Å². The lowest BCUT2D eigenvalue weighted by Gasteiger charge is -2.16. The van der Waals surface area contributed by atoms with E-state index in [9.17, 15) is 4.79 Å². The minimum atomic E-state index is -0.273. The number of hydrogen-bond acceptors (Lipinski definition) is 3. The molecule has 2 aromatic rings. The molecule has 1 amide bonds. The van der Waals surface area contributed by atoms with E-state index in [4.69, 9.17) is 11.6 Å². The van der Waals surface area contributed by atoms with Crippen molar-refractivity contribution in [3.05, 3.63) is 35.9 Å². The van der Waals surface area contributed by atoms with E-state index in [-0.39, 0.29) is 16.7 Å². The molecule has 0 spiro atoms. The maximum atomic E-state index is 12.1. The summed E-state index contributed by atoms with van der Waals surface area (Å²) in [7, 11) is 0. The zero-order chi connectivity index (χ0) is 14.7. The van der Waals surface area contributed by atoms with Crippen molar-refractivity contribution in [2.75, 3.05) is 5.32 Å². The highest BCUT2D eigenvalue weighted by atomic mass is 79.9. The Kier molecular flexibility index (Phi) is 4.77. The molecule has 0 saturated carbocycles. The van der Waals surface area contributed by atoms with Crippen molar-refractivity contribution in [2.45, 2.75) is 18.7 Å². The summed E-state index contributed by atoms with van der Waals surface area (Å²) in [6.07, 6.45) is 2.95. The van der Waals surface area contributed by atoms with Gasteiger partial charge in [-0.05, 0) is 18.1 Å². The van der Waals surface area contributed by atoms with Gasteiger partial charge in [0, 0.05) is 0 Å². The third-order valence-electron chi connectivity index (χ3n) is 2.73. The largest absolute Gasteiger partial charge is 0.323 e. The highest BCUT2D eigenvalue weighted by molar-refractivity contribution is 9.10. The number of nitrogens with one attached hydrogen (secondary N) is 1. The van der Waals surface area contributed by atoms with Crippen LogP contribution in [0.3, 0.4) is 0 Å². The number of halogens is 2. The first-order chi connectivity index (χ1) is 9.50. The highest BCUT2D eigenvalue weighted by Gasteiger charge is 2.20. The van der Waals surface area contributed by atoms with Crippen LogP contribution in [0.2, 0.25) is 5.02 Å². The fraction of sp³-hybridized carbons (Fsp3) is 0.308. The molecule has 106 valence electrons. The van der Waals surface area contributed by atoms with Gasteiger partial charge < -0.3 is 5.32 Å². The van der Waals surface area contributed by atoms with Gasteiger partial charge in [-0.2, -0.15) is 5.10 Å². The number of alkyl halides is 1. The van der Waals surface area contributed by atoms with Gasteiger partial charge in [0.15, 0.2) is 0 Å². The smallest absolute Gasteiger partial charge is 0.238 e. The van der Waals surface area contributed by atoms with E-state index < -0.39 is 0 Å². The molecule has 2 rings (SSSR count). The molecule has 0 aliphatic heterocycles. The van der Waals surface area contributed by atoms with Crippen LogP contribution in [0.1, 0.15) is 13.8 Å². The Morgan fingerprint density at radius 1 is 1.45 bits per heavy atom. The van der Waals surface area contributed by atoms with Crippen molar-refractivity contribution >= 4 is 39.1 Å². The molecule has 0 aliphatic rings. The maximum absolute atomic E-state index is 12.1. The number of amides is 1. The first-order valence-electron chi connectivity index (χ1n) is 6.09. The summed E-state index contributed by atoms with van der Waals surface area (Å²) in [5.41, 5.74) is 1.20. The molecule has 1 unspecified atom stereocenters. The standard InChI is InChI=1S/C13H14BrClN4O/c1-8(2)11(14)13(20)18-10-5-3-4-9(15)12(10)19-7-16-6-17-19/h3-8,11H,1-2H3,(H,18,20). The average Bonchev–Trinajstić information content (AvgIpc) is 2.91. The third-order valence-corrected chi connectivity index (χ3v) is 4.51. The van der Waals surface area contributed by atoms with Gasteiger partial charge in [-0.25, -0.2) is 9.67 Å². The van der Waals surface area contributed by atoms with Crippen LogP contribution in [0.25, 0.3) is 5.69 Å². The summed E-state index contributed by atoms with van der Waals surface area (Å²) >= 11 is 9.57. The second-order valence-electron chi connectivity index (χ2n) is 4.61.